The van der Waals surface area contributed by atoms with Crippen LogP contribution in [-0.4, -0.2) is 71.9 Å². The lowest BCUT2D eigenvalue weighted by Crippen LogP contribution is -2.49. The molecule has 2 aliphatic heterocycles. The van der Waals surface area contributed by atoms with Gasteiger partial charge in [0.2, 0.25) is 5.88 Å². The molecule has 0 bridgehead atoms. The number of aromatic nitrogens is 3. The fourth-order valence-electron chi connectivity index (χ4n) is 4.33. The van der Waals surface area contributed by atoms with E-state index in [0.717, 1.165) is 30.6 Å². The number of carbonyl (C=O) groups is 1. The molecule has 2 aromatic heterocycles. The minimum Gasteiger partial charge on any atom is -0.473 e. The number of nitrogens with zero attached hydrogens (tertiary/aromatic N) is 5. The fraction of sp³-hybridized carbons (Fsp3) is 0.391. The van der Waals surface area contributed by atoms with E-state index in [4.69, 9.17) is 20.2 Å². The molecule has 2 amide bonds. The van der Waals surface area contributed by atoms with Crippen molar-refractivity contribution >= 4 is 36.2 Å². The third-order valence-electron chi connectivity index (χ3n) is 6.01. The van der Waals surface area contributed by atoms with Gasteiger partial charge in [0.1, 0.15) is 12.7 Å². The molecular weight excluding hydrogens is 440 g/mol. The SMILES string of the molecule is CN1CCCc2cc(-c3cc4nccnc4c(OC[C@@H]4CN(C(N)=O)CCO4)n3)ccc21.S. The lowest BCUT2D eigenvalue weighted by atomic mass is 9.98. The van der Waals surface area contributed by atoms with Gasteiger partial charge in [-0.15, -0.1) is 0 Å². The number of rotatable bonds is 4. The van der Waals surface area contributed by atoms with Crippen molar-refractivity contribution in [2.75, 3.05) is 44.8 Å². The molecule has 3 aromatic rings. The van der Waals surface area contributed by atoms with Gasteiger partial charge in [0.25, 0.3) is 0 Å². The lowest BCUT2D eigenvalue weighted by Gasteiger charge is -2.31. The summed E-state index contributed by atoms with van der Waals surface area (Å²) in [5.41, 5.74) is 11.1. The van der Waals surface area contributed by atoms with Crippen molar-refractivity contribution in [1.29, 1.82) is 0 Å². The number of hydrogen-bond acceptors (Lipinski definition) is 7. The molecule has 2 N–H and O–H groups in total. The van der Waals surface area contributed by atoms with Crippen molar-refractivity contribution in [3.05, 3.63) is 42.2 Å². The van der Waals surface area contributed by atoms with Crippen LogP contribution in [0.4, 0.5) is 10.5 Å². The first-order valence-electron chi connectivity index (χ1n) is 10.8. The monoisotopic (exact) mass is 468 g/mol. The van der Waals surface area contributed by atoms with Crippen LogP contribution in [0.3, 0.4) is 0 Å². The molecule has 0 radical (unpaired) electrons. The summed E-state index contributed by atoms with van der Waals surface area (Å²) in [7, 11) is 2.13. The molecule has 4 heterocycles. The van der Waals surface area contributed by atoms with Crippen LogP contribution in [0.5, 0.6) is 5.88 Å². The molecule has 0 unspecified atom stereocenters. The Morgan fingerprint density at radius 1 is 1.24 bits per heavy atom. The molecule has 1 aromatic carbocycles. The molecule has 9 nitrogen and oxygen atoms in total. The number of urea groups is 1. The standard InChI is InChI=1S/C23H26N6O3.H2S/c1-28-8-2-3-16-11-15(4-5-20(16)28)18-12-19-21(26-7-6-25-19)22(27-18)32-14-17-13-29(23(24)30)9-10-31-17;/h4-7,11-12,17H,2-3,8-10,13-14H2,1H3,(H2,24,30);1H2/t17-;/m0./s1. The van der Waals surface area contributed by atoms with Gasteiger partial charge in [0, 0.05) is 43.8 Å². The molecule has 0 aliphatic carbocycles. The first-order valence-corrected chi connectivity index (χ1v) is 10.8. The number of benzene rings is 1. The van der Waals surface area contributed by atoms with Crippen LogP contribution in [0.15, 0.2) is 36.7 Å². The maximum Gasteiger partial charge on any atom is 0.314 e. The Bertz CT molecular complexity index is 1160. The zero-order chi connectivity index (χ0) is 22.1. The lowest BCUT2D eigenvalue weighted by molar-refractivity contribution is -0.0346. The van der Waals surface area contributed by atoms with Gasteiger partial charge in [0.15, 0.2) is 5.52 Å². The average Bonchev–Trinajstić information content (AvgIpc) is 2.82. The quantitative estimate of drug-likeness (QED) is 0.626. The van der Waals surface area contributed by atoms with Crippen molar-refractivity contribution in [3.8, 4) is 17.1 Å². The van der Waals surface area contributed by atoms with E-state index in [1.54, 1.807) is 17.3 Å². The molecule has 33 heavy (non-hydrogen) atoms. The summed E-state index contributed by atoms with van der Waals surface area (Å²) in [4.78, 5) is 29.0. The fourth-order valence-corrected chi connectivity index (χ4v) is 4.33. The molecule has 1 saturated heterocycles. The third-order valence-corrected chi connectivity index (χ3v) is 6.01. The molecule has 10 heteroatoms. The highest BCUT2D eigenvalue weighted by atomic mass is 32.1. The summed E-state index contributed by atoms with van der Waals surface area (Å²) in [5, 5.41) is 0. The van der Waals surface area contributed by atoms with Crippen molar-refractivity contribution in [3.63, 3.8) is 0 Å². The Labute approximate surface area is 199 Å². The van der Waals surface area contributed by atoms with E-state index < -0.39 is 6.03 Å². The number of nitrogens with two attached hydrogens (primary N) is 1. The second-order valence-electron chi connectivity index (χ2n) is 8.19. The number of aryl methyl sites for hydroxylation is 1. The normalized spacial score (nSPS) is 17.9. The minimum absolute atomic E-state index is 0. The van der Waals surface area contributed by atoms with E-state index in [0.29, 0.717) is 36.6 Å². The molecule has 0 saturated carbocycles. The van der Waals surface area contributed by atoms with E-state index in [1.165, 1.54) is 11.3 Å². The summed E-state index contributed by atoms with van der Waals surface area (Å²) < 4.78 is 11.8. The van der Waals surface area contributed by atoms with Crippen molar-refractivity contribution in [2.45, 2.75) is 18.9 Å². The highest BCUT2D eigenvalue weighted by Gasteiger charge is 2.24. The summed E-state index contributed by atoms with van der Waals surface area (Å²) in [6.45, 7) is 2.61. The Balaban J connectivity index is 0.00000259. The average molecular weight is 469 g/mol. The van der Waals surface area contributed by atoms with Gasteiger partial charge in [-0.25, -0.2) is 14.8 Å². The van der Waals surface area contributed by atoms with Gasteiger partial charge in [-0.05, 0) is 36.6 Å². The number of carbonyl (C=O) groups excluding carboxylic acids is 1. The second kappa shape index (κ2) is 9.80. The van der Waals surface area contributed by atoms with E-state index >= 15 is 0 Å². The predicted octanol–water partition coefficient (Wildman–Crippen LogP) is 2.35. The summed E-state index contributed by atoms with van der Waals surface area (Å²) >= 11 is 0. The van der Waals surface area contributed by atoms with Crippen LogP contribution >= 0.6 is 13.5 Å². The molecule has 1 atom stereocenters. The topological polar surface area (TPSA) is 107 Å². The number of ether oxygens (including phenoxy) is 2. The van der Waals surface area contributed by atoms with Gasteiger partial charge in [-0.1, -0.05) is 6.07 Å². The van der Waals surface area contributed by atoms with E-state index in [-0.39, 0.29) is 26.2 Å². The first-order chi connectivity index (χ1) is 15.6. The molecule has 1 fully saturated rings. The zero-order valence-corrected chi connectivity index (χ0v) is 19.5. The molecular formula is C23H28N6O3S. The largest absolute Gasteiger partial charge is 0.473 e. The first kappa shape index (κ1) is 23.1. The zero-order valence-electron chi connectivity index (χ0n) is 18.5. The second-order valence-corrected chi connectivity index (χ2v) is 8.19. The van der Waals surface area contributed by atoms with Crippen LogP contribution in [0.25, 0.3) is 22.3 Å². The maximum atomic E-state index is 11.5. The van der Waals surface area contributed by atoms with Gasteiger partial charge in [0.05, 0.1) is 24.4 Å². The summed E-state index contributed by atoms with van der Waals surface area (Å²) in [6.07, 6.45) is 5.19. The van der Waals surface area contributed by atoms with E-state index in [1.807, 2.05) is 6.07 Å². The highest BCUT2D eigenvalue weighted by Crippen LogP contribution is 2.32. The Morgan fingerprint density at radius 3 is 2.94 bits per heavy atom. The number of fused-ring (bicyclic) bond motifs is 2. The Hall–Kier alpha value is -3.11. The summed E-state index contributed by atoms with van der Waals surface area (Å²) in [5.74, 6) is 0.403. The third kappa shape index (κ3) is 4.81. The maximum absolute atomic E-state index is 11.5. The van der Waals surface area contributed by atoms with E-state index in [2.05, 4.69) is 40.1 Å². The number of morpholine rings is 1. The van der Waals surface area contributed by atoms with Gasteiger partial charge < -0.3 is 25.0 Å². The minimum atomic E-state index is -0.451. The Kier molecular flexibility index (Phi) is 6.85. The van der Waals surface area contributed by atoms with Crippen LogP contribution in [0, 0.1) is 0 Å². The van der Waals surface area contributed by atoms with Gasteiger partial charge in [-0.3, -0.25) is 4.98 Å². The smallest absolute Gasteiger partial charge is 0.314 e. The predicted molar refractivity (Wildman–Crippen MR) is 131 cm³/mol. The van der Waals surface area contributed by atoms with Gasteiger partial charge in [-0.2, -0.15) is 13.5 Å². The number of primary amides is 1. The van der Waals surface area contributed by atoms with Gasteiger partial charge >= 0.3 is 6.03 Å². The summed E-state index contributed by atoms with van der Waals surface area (Å²) in [6, 6.07) is 7.93. The van der Waals surface area contributed by atoms with E-state index in [9.17, 15) is 4.79 Å². The number of anilines is 1. The highest BCUT2D eigenvalue weighted by molar-refractivity contribution is 7.59. The van der Waals surface area contributed by atoms with Crippen LogP contribution in [0.1, 0.15) is 12.0 Å². The van der Waals surface area contributed by atoms with Crippen LogP contribution < -0.4 is 15.4 Å². The van der Waals surface area contributed by atoms with Crippen LogP contribution in [0.2, 0.25) is 0 Å². The van der Waals surface area contributed by atoms with Crippen molar-refractivity contribution in [2.24, 2.45) is 5.73 Å². The molecule has 2 aliphatic rings. The van der Waals surface area contributed by atoms with Crippen molar-refractivity contribution < 1.29 is 14.3 Å². The van der Waals surface area contributed by atoms with Crippen LogP contribution in [-0.2, 0) is 11.2 Å². The molecule has 0 spiro atoms. The number of pyridine rings is 1. The number of amides is 2. The molecule has 174 valence electrons. The number of hydrogen-bond donors (Lipinski definition) is 1. The van der Waals surface area contributed by atoms with Crippen molar-refractivity contribution in [1.82, 2.24) is 19.9 Å². The Morgan fingerprint density at radius 2 is 2.09 bits per heavy atom. The molecule has 5 rings (SSSR count).